The summed E-state index contributed by atoms with van der Waals surface area (Å²) < 4.78 is 7.01. The first-order chi connectivity index (χ1) is 4.93. The minimum Gasteiger partial charge on any atom is -0.359 e. The fourth-order valence-electron chi connectivity index (χ4n) is 0.726. The van der Waals surface area contributed by atoms with E-state index in [1.807, 2.05) is 0 Å². The summed E-state index contributed by atoms with van der Waals surface area (Å²) in [5.41, 5.74) is 0.0231. The maximum absolute atomic E-state index is 5.16. The summed E-state index contributed by atoms with van der Waals surface area (Å²) in [6.07, 6.45) is 0. The Morgan fingerprint density at radius 1 is 1.45 bits per heavy atom. The van der Waals surface area contributed by atoms with Crippen molar-refractivity contribution in [3.8, 4) is 0 Å². The van der Waals surface area contributed by atoms with Crippen LogP contribution in [0.4, 0.5) is 0 Å². The quantitative estimate of drug-likeness (QED) is 0.682. The van der Waals surface area contributed by atoms with E-state index in [0.29, 0.717) is 0 Å². The average molecular weight is 330 g/mol. The molecule has 0 aromatic carbocycles. The van der Waals surface area contributed by atoms with E-state index in [4.69, 9.17) is 4.52 Å². The van der Waals surface area contributed by atoms with Crippen LogP contribution in [0.15, 0.2) is 9.00 Å². The SMILES string of the molecule is CC(C)(C)c1onc(I)c1Br. The lowest BCUT2D eigenvalue weighted by Crippen LogP contribution is -2.10. The van der Waals surface area contributed by atoms with Crippen LogP contribution in [0.2, 0.25) is 0 Å². The highest BCUT2D eigenvalue weighted by Gasteiger charge is 2.24. The van der Waals surface area contributed by atoms with Gasteiger partial charge in [0.2, 0.25) is 0 Å². The zero-order valence-corrected chi connectivity index (χ0v) is 10.4. The first-order valence-corrected chi connectivity index (χ1v) is 5.11. The number of halogens is 2. The van der Waals surface area contributed by atoms with Gasteiger partial charge in [-0.25, -0.2) is 0 Å². The molecule has 0 spiro atoms. The first kappa shape index (κ1) is 9.51. The fraction of sp³-hybridized carbons (Fsp3) is 0.571. The monoisotopic (exact) mass is 329 g/mol. The lowest BCUT2D eigenvalue weighted by Gasteiger charge is -2.13. The van der Waals surface area contributed by atoms with Crippen molar-refractivity contribution in [2.24, 2.45) is 0 Å². The van der Waals surface area contributed by atoms with Crippen LogP contribution in [0.5, 0.6) is 0 Å². The third kappa shape index (κ3) is 1.96. The van der Waals surface area contributed by atoms with Gasteiger partial charge in [-0.05, 0) is 38.5 Å². The molecule has 0 amide bonds. The number of nitrogens with zero attached hydrogens (tertiary/aromatic N) is 1. The number of rotatable bonds is 0. The molecule has 4 heteroatoms. The molecule has 1 aromatic rings. The number of aromatic nitrogens is 1. The lowest BCUT2D eigenvalue weighted by atomic mass is 9.94. The second kappa shape index (κ2) is 3.05. The Morgan fingerprint density at radius 3 is 2.18 bits per heavy atom. The second-order valence-electron chi connectivity index (χ2n) is 3.37. The molecular weight excluding hydrogens is 321 g/mol. The second-order valence-corrected chi connectivity index (χ2v) is 5.18. The summed E-state index contributed by atoms with van der Waals surface area (Å²) in [6, 6.07) is 0. The standard InChI is InChI=1S/C7H9BrINO/c1-7(2,3)5-4(8)6(9)10-11-5/h1-3H3. The normalized spacial score (nSPS) is 12.1. The van der Waals surface area contributed by atoms with Crippen molar-refractivity contribution in [3.05, 3.63) is 13.9 Å². The van der Waals surface area contributed by atoms with Crippen LogP contribution in [0.25, 0.3) is 0 Å². The Hall–Kier alpha value is 0.420. The van der Waals surface area contributed by atoms with Gasteiger partial charge in [0.15, 0.2) is 9.46 Å². The molecule has 0 aliphatic heterocycles. The van der Waals surface area contributed by atoms with Crippen molar-refractivity contribution in [1.29, 1.82) is 0 Å². The molecular formula is C7H9BrINO. The molecule has 1 aromatic heterocycles. The van der Waals surface area contributed by atoms with Crippen LogP contribution in [0.1, 0.15) is 26.5 Å². The molecule has 1 heterocycles. The lowest BCUT2D eigenvalue weighted by molar-refractivity contribution is 0.326. The maximum atomic E-state index is 5.16. The molecule has 2 nitrogen and oxygen atoms in total. The van der Waals surface area contributed by atoms with E-state index in [1.165, 1.54) is 0 Å². The van der Waals surface area contributed by atoms with Gasteiger partial charge >= 0.3 is 0 Å². The van der Waals surface area contributed by atoms with Crippen molar-refractivity contribution in [2.75, 3.05) is 0 Å². The van der Waals surface area contributed by atoms with Gasteiger partial charge in [-0.1, -0.05) is 25.9 Å². The molecule has 0 N–H and O–H groups in total. The summed E-state index contributed by atoms with van der Waals surface area (Å²) in [6.45, 7) is 6.27. The summed E-state index contributed by atoms with van der Waals surface area (Å²) in [4.78, 5) is 0. The van der Waals surface area contributed by atoms with E-state index in [2.05, 4.69) is 64.4 Å². The van der Waals surface area contributed by atoms with Crippen LogP contribution in [0, 0.1) is 3.70 Å². The van der Waals surface area contributed by atoms with Gasteiger partial charge in [0, 0.05) is 5.41 Å². The minimum absolute atomic E-state index is 0.0231. The van der Waals surface area contributed by atoms with Gasteiger partial charge in [0.05, 0.1) is 4.47 Å². The van der Waals surface area contributed by atoms with Crippen molar-refractivity contribution in [3.63, 3.8) is 0 Å². The zero-order chi connectivity index (χ0) is 8.65. The number of hydrogen-bond donors (Lipinski definition) is 0. The van der Waals surface area contributed by atoms with Crippen LogP contribution in [0.3, 0.4) is 0 Å². The molecule has 0 bridgehead atoms. The molecule has 0 radical (unpaired) electrons. The molecule has 1 rings (SSSR count). The molecule has 0 fully saturated rings. The minimum atomic E-state index is 0.0231. The van der Waals surface area contributed by atoms with Crippen LogP contribution < -0.4 is 0 Å². The van der Waals surface area contributed by atoms with E-state index in [9.17, 15) is 0 Å². The predicted octanol–water partition coefficient (Wildman–Crippen LogP) is 3.34. The summed E-state index contributed by atoms with van der Waals surface area (Å²) in [7, 11) is 0. The van der Waals surface area contributed by atoms with Gasteiger partial charge < -0.3 is 4.52 Å². The molecule has 0 aliphatic carbocycles. The Morgan fingerprint density at radius 2 is 2.00 bits per heavy atom. The van der Waals surface area contributed by atoms with Gasteiger partial charge in [-0.2, -0.15) is 0 Å². The van der Waals surface area contributed by atoms with Crippen molar-refractivity contribution >= 4 is 38.5 Å². The van der Waals surface area contributed by atoms with Crippen molar-refractivity contribution in [2.45, 2.75) is 26.2 Å². The Labute approximate surface area is 88.0 Å². The van der Waals surface area contributed by atoms with Crippen LogP contribution >= 0.6 is 38.5 Å². The molecule has 0 aliphatic rings. The molecule has 0 saturated carbocycles. The smallest absolute Gasteiger partial charge is 0.158 e. The molecule has 11 heavy (non-hydrogen) atoms. The Balaban J connectivity index is 3.15. The average Bonchev–Trinajstić information content (AvgIpc) is 2.11. The van der Waals surface area contributed by atoms with Crippen molar-refractivity contribution in [1.82, 2.24) is 5.16 Å². The third-order valence-electron chi connectivity index (χ3n) is 1.28. The highest BCUT2D eigenvalue weighted by molar-refractivity contribution is 14.1. The van der Waals surface area contributed by atoms with Crippen LogP contribution in [-0.4, -0.2) is 5.16 Å². The highest BCUT2D eigenvalue weighted by Crippen LogP contribution is 2.32. The van der Waals surface area contributed by atoms with Gasteiger partial charge in [-0.3, -0.25) is 0 Å². The third-order valence-corrected chi connectivity index (χ3v) is 3.49. The van der Waals surface area contributed by atoms with Crippen molar-refractivity contribution < 1.29 is 4.52 Å². The summed E-state index contributed by atoms with van der Waals surface area (Å²) in [5, 5.41) is 3.85. The zero-order valence-electron chi connectivity index (χ0n) is 6.61. The van der Waals surface area contributed by atoms with Crippen LogP contribution in [-0.2, 0) is 5.41 Å². The summed E-state index contributed by atoms with van der Waals surface area (Å²) >= 11 is 5.56. The largest absolute Gasteiger partial charge is 0.359 e. The molecule has 62 valence electrons. The molecule has 0 saturated heterocycles. The molecule has 0 unspecified atom stereocenters. The topological polar surface area (TPSA) is 26.0 Å². The van der Waals surface area contributed by atoms with Gasteiger partial charge in [-0.15, -0.1) is 0 Å². The van der Waals surface area contributed by atoms with E-state index in [-0.39, 0.29) is 5.41 Å². The summed E-state index contributed by atoms with van der Waals surface area (Å²) in [5.74, 6) is 0.905. The van der Waals surface area contributed by atoms with Gasteiger partial charge in [0.1, 0.15) is 0 Å². The van der Waals surface area contributed by atoms with E-state index >= 15 is 0 Å². The van der Waals surface area contributed by atoms with Gasteiger partial charge in [0.25, 0.3) is 0 Å². The van der Waals surface area contributed by atoms with E-state index in [1.54, 1.807) is 0 Å². The highest BCUT2D eigenvalue weighted by atomic mass is 127. The molecule has 0 atom stereocenters. The fourth-order valence-corrected chi connectivity index (χ4v) is 1.81. The van der Waals surface area contributed by atoms with E-state index in [0.717, 1.165) is 13.9 Å². The first-order valence-electron chi connectivity index (χ1n) is 3.24. The maximum Gasteiger partial charge on any atom is 0.158 e. The Kier molecular flexibility index (Phi) is 2.63. The number of hydrogen-bond acceptors (Lipinski definition) is 2. The van der Waals surface area contributed by atoms with E-state index < -0.39 is 0 Å². The Bertz CT molecular complexity index is 264. The predicted molar refractivity (Wildman–Crippen MR) is 55.6 cm³/mol.